The summed E-state index contributed by atoms with van der Waals surface area (Å²) in [5, 5.41) is 0. The number of rotatable bonds is 11. The van der Waals surface area contributed by atoms with Crippen LogP contribution in [0.1, 0.15) is 33.3 Å². The van der Waals surface area contributed by atoms with Crippen molar-refractivity contribution >= 4 is 8.80 Å². The smallest absolute Gasteiger partial charge is 0.465 e. The lowest BCUT2D eigenvalue weighted by Gasteiger charge is -2.28. The molecule has 0 aliphatic carbocycles. The lowest BCUT2D eigenvalue weighted by molar-refractivity contribution is -0.0382. The molecule has 1 unspecified atom stereocenters. The Balaban J connectivity index is 2.79. The molecule has 0 spiro atoms. The molecule has 0 amide bonds. The molecule has 0 N–H and O–H groups in total. The van der Waals surface area contributed by atoms with Crippen LogP contribution in [-0.2, 0) is 24.1 Å². The van der Waals surface area contributed by atoms with Crippen molar-refractivity contribution < 1.29 is 22.8 Å². The lowest BCUT2D eigenvalue weighted by atomic mass is 10.2. The SMILES string of the molecule is CCO[Si](Cc1ccc(OC(C)OC)cc1)(OCC)OCC. The zero-order valence-corrected chi connectivity index (χ0v) is 15.3. The van der Waals surface area contributed by atoms with Crippen LogP contribution >= 0.6 is 0 Å². The van der Waals surface area contributed by atoms with Gasteiger partial charge in [0.2, 0.25) is 0 Å². The quantitative estimate of drug-likeness (QED) is 0.461. The number of ether oxygens (including phenoxy) is 2. The molecule has 126 valence electrons. The second-order valence-corrected chi connectivity index (χ2v) is 7.31. The zero-order valence-electron chi connectivity index (χ0n) is 14.3. The van der Waals surface area contributed by atoms with Crippen molar-refractivity contribution in [3.8, 4) is 5.75 Å². The molecule has 0 saturated heterocycles. The van der Waals surface area contributed by atoms with E-state index in [0.717, 1.165) is 11.3 Å². The third kappa shape index (κ3) is 6.06. The van der Waals surface area contributed by atoms with Crippen LogP contribution in [0.25, 0.3) is 0 Å². The van der Waals surface area contributed by atoms with Gasteiger partial charge in [0, 0.05) is 33.0 Å². The number of benzene rings is 1. The molecule has 0 saturated carbocycles. The summed E-state index contributed by atoms with van der Waals surface area (Å²) in [6.07, 6.45) is -0.269. The third-order valence-corrected chi connectivity index (χ3v) is 6.10. The summed E-state index contributed by atoms with van der Waals surface area (Å²) in [5.41, 5.74) is 1.11. The monoisotopic (exact) mass is 328 g/mol. The molecular weight excluding hydrogens is 300 g/mol. The normalized spacial score (nSPS) is 13.1. The Morgan fingerprint density at radius 3 is 1.82 bits per heavy atom. The fourth-order valence-electron chi connectivity index (χ4n) is 2.11. The van der Waals surface area contributed by atoms with E-state index in [4.69, 9.17) is 22.8 Å². The molecule has 0 aliphatic rings. The summed E-state index contributed by atoms with van der Waals surface area (Å²) in [6.45, 7) is 9.48. The van der Waals surface area contributed by atoms with Gasteiger partial charge in [-0.05, 0) is 45.4 Å². The van der Waals surface area contributed by atoms with Gasteiger partial charge in [-0.25, -0.2) is 0 Å². The Hall–Kier alpha value is -0.923. The van der Waals surface area contributed by atoms with Gasteiger partial charge in [-0.1, -0.05) is 12.1 Å². The van der Waals surface area contributed by atoms with E-state index in [9.17, 15) is 0 Å². The van der Waals surface area contributed by atoms with E-state index in [2.05, 4.69) is 0 Å². The van der Waals surface area contributed by atoms with E-state index in [1.54, 1.807) is 7.11 Å². The minimum absolute atomic E-state index is 0.269. The van der Waals surface area contributed by atoms with Crippen LogP contribution in [0.4, 0.5) is 0 Å². The molecule has 1 rings (SSSR count). The highest BCUT2D eigenvalue weighted by Gasteiger charge is 2.40. The summed E-state index contributed by atoms with van der Waals surface area (Å²) in [7, 11) is -1.04. The number of methoxy groups -OCH3 is 1. The first-order chi connectivity index (χ1) is 10.6. The van der Waals surface area contributed by atoms with E-state index in [-0.39, 0.29) is 6.29 Å². The summed E-state index contributed by atoms with van der Waals surface area (Å²) >= 11 is 0. The average molecular weight is 328 g/mol. The molecule has 5 nitrogen and oxygen atoms in total. The van der Waals surface area contributed by atoms with Gasteiger partial charge in [-0.15, -0.1) is 0 Å². The maximum Gasteiger partial charge on any atom is 0.505 e. The fraction of sp³-hybridized carbons (Fsp3) is 0.625. The fourth-order valence-corrected chi connectivity index (χ4v) is 4.72. The van der Waals surface area contributed by atoms with Gasteiger partial charge in [0.1, 0.15) is 5.75 Å². The van der Waals surface area contributed by atoms with Crippen molar-refractivity contribution in [2.45, 2.75) is 40.0 Å². The van der Waals surface area contributed by atoms with Gasteiger partial charge in [0.15, 0.2) is 6.29 Å². The maximum atomic E-state index is 5.87. The van der Waals surface area contributed by atoms with E-state index in [0.29, 0.717) is 25.9 Å². The lowest BCUT2D eigenvalue weighted by Crippen LogP contribution is -2.48. The van der Waals surface area contributed by atoms with Crippen LogP contribution < -0.4 is 4.74 Å². The maximum absolute atomic E-state index is 5.87. The summed E-state index contributed by atoms with van der Waals surface area (Å²) in [6, 6.07) is 8.53. The minimum Gasteiger partial charge on any atom is -0.465 e. The molecule has 22 heavy (non-hydrogen) atoms. The molecule has 0 fully saturated rings. The molecule has 1 atom stereocenters. The topological polar surface area (TPSA) is 46.2 Å². The van der Waals surface area contributed by atoms with E-state index >= 15 is 0 Å². The Kier molecular flexibility index (Phi) is 8.66. The van der Waals surface area contributed by atoms with E-state index in [1.807, 2.05) is 52.0 Å². The van der Waals surface area contributed by atoms with Crippen LogP contribution in [-0.4, -0.2) is 42.0 Å². The van der Waals surface area contributed by atoms with Crippen molar-refractivity contribution in [2.75, 3.05) is 26.9 Å². The Bertz CT molecular complexity index is 392. The number of hydrogen-bond acceptors (Lipinski definition) is 5. The molecule has 6 heteroatoms. The van der Waals surface area contributed by atoms with Gasteiger partial charge in [-0.2, -0.15) is 0 Å². The number of hydrogen-bond donors (Lipinski definition) is 0. The van der Waals surface area contributed by atoms with Crippen LogP contribution in [0.2, 0.25) is 0 Å². The predicted molar refractivity (Wildman–Crippen MR) is 87.9 cm³/mol. The highest BCUT2D eigenvalue weighted by molar-refractivity contribution is 6.60. The third-order valence-electron chi connectivity index (χ3n) is 3.07. The second-order valence-electron chi connectivity index (χ2n) is 4.72. The molecular formula is C16H28O5Si. The largest absolute Gasteiger partial charge is 0.505 e. The Morgan fingerprint density at radius 2 is 1.41 bits per heavy atom. The van der Waals surface area contributed by atoms with Crippen molar-refractivity contribution in [1.29, 1.82) is 0 Å². The Morgan fingerprint density at radius 1 is 0.909 bits per heavy atom. The first-order valence-electron chi connectivity index (χ1n) is 7.79. The van der Waals surface area contributed by atoms with E-state index < -0.39 is 8.80 Å². The first-order valence-corrected chi connectivity index (χ1v) is 9.72. The van der Waals surface area contributed by atoms with Gasteiger partial charge < -0.3 is 22.8 Å². The summed E-state index contributed by atoms with van der Waals surface area (Å²) < 4.78 is 28.3. The highest BCUT2D eigenvalue weighted by atomic mass is 28.4. The van der Waals surface area contributed by atoms with Gasteiger partial charge in [0.25, 0.3) is 0 Å². The second kappa shape index (κ2) is 9.97. The van der Waals surface area contributed by atoms with E-state index in [1.165, 1.54) is 0 Å². The summed E-state index contributed by atoms with van der Waals surface area (Å²) in [4.78, 5) is 0. The van der Waals surface area contributed by atoms with Crippen molar-refractivity contribution in [2.24, 2.45) is 0 Å². The minimum atomic E-state index is -2.66. The Labute approximate surface area is 134 Å². The summed E-state index contributed by atoms with van der Waals surface area (Å²) in [5.74, 6) is 0.773. The van der Waals surface area contributed by atoms with Crippen LogP contribution in [0.3, 0.4) is 0 Å². The molecule has 0 bridgehead atoms. The van der Waals surface area contributed by atoms with Gasteiger partial charge >= 0.3 is 8.80 Å². The van der Waals surface area contributed by atoms with Crippen LogP contribution in [0.15, 0.2) is 24.3 Å². The van der Waals surface area contributed by atoms with Crippen molar-refractivity contribution in [3.05, 3.63) is 29.8 Å². The molecule has 0 aliphatic heterocycles. The zero-order chi connectivity index (χ0) is 16.4. The predicted octanol–water partition coefficient (Wildman–Crippen LogP) is 3.19. The highest BCUT2D eigenvalue weighted by Crippen LogP contribution is 2.20. The van der Waals surface area contributed by atoms with Crippen LogP contribution in [0, 0.1) is 0 Å². The average Bonchev–Trinajstić information content (AvgIpc) is 2.50. The molecule has 0 radical (unpaired) electrons. The molecule has 1 aromatic carbocycles. The van der Waals surface area contributed by atoms with Gasteiger partial charge in [-0.3, -0.25) is 0 Å². The van der Waals surface area contributed by atoms with Gasteiger partial charge in [0.05, 0.1) is 0 Å². The molecule has 1 aromatic rings. The molecule has 0 aromatic heterocycles. The van der Waals surface area contributed by atoms with Crippen LogP contribution in [0.5, 0.6) is 5.75 Å². The first kappa shape index (κ1) is 19.1. The molecule has 0 heterocycles. The van der Waals surface area contributed by atoms with Crippen molar-refractivity contribution in [3.63, 3.8) is 0 Å². The van der Waals surface area contributed by atoms with Crippen molar-refractivity contribution in [1.82, 2.24) is 0 Å². The standard InChI is InChI=1S/C16H28O5Si/c1-6-18-22(19-7-2,20-8-3)13-15-9-11-16(12-10-15)21-14(4)17-5/h9-12,14H,6-8,13H2,1-5H3.